The van der Waals surface area contributed by atoms with Crippen LogP contribution in [-0.2, 0) is 65.6 Å². The van der Waals surface area contributed by atoms with Crippen LogP contribution < -0.4 is 76.7 Å². The summed E-state index contributed by atoms with van der Waals surface area (Å²) in [7, 11) is 9.74. The van der Waals surface area contributed by atoms with E-state index in [2.05, 4.69) is 215 Å². The molecule has 5 atom stereocenters. The summed E-state index contributed by atoms with van der Waals surface area (Å²) in [6.07, 6.45) is 7.87. The van der Waals surface area contributed by atoms with Crippen LogP contribution in [0.5, 0.6) is 28.7 Å². The van der Waals surface area contributed by atoms with Crippen molar-refractivity contribution in [1.82, 2.24) is 0 Å². The Morgan fingerprint density at radius 2 is 0.572 bits per heavy atom. The van der Waals surface area contributed by atoms with Gasteiger partial charge in [-0.3, -0.25) is 24.0 Å². The number of carbonyl (C=O) groups excluding carboxylic acids is 5. The van der Waals surface area contributed by atoms with Crippen molar-refractivity contribution in [2.45, 2.75) is 125 Å². The highest BCUT2D eigenvalue weighted by Gasteiger charge is 2.28. The highest BCUT2D eigenvalue weighted by molar-refractivity contribution is 7.57. The maximum atomic E-state index is 11.6. The van der Waals surface area contributed by atoms with Crippen LogP contribution in [0.3, 0.4) is 0 Å². The Labute approximate surface area is 825 Å². The van der Waals surface area contributed by atoms with E-state index in [9.17, 15) is 24.0 Å². The lowest BCUT2D eigenvalue weighted by molar-refractivity contribution is 0.0505. The van der Waals surface area contributed by atoms with E-state index in [1.165, 1.54) is 50.1 Å². The van der Waals surface area contributed by atoms with E-state index in [4.69, 9.17) is 47.4 Å². The Morgan fingerprint density at radius 3 is 1.00 bits per heavy atom. The van der Waals surface area contributed by atoms with Crippen LogP contribution in [0.1, 0.15) is 192 Å². The minimum absolute atomic E-state index is 0.0137. The van der Waals surface area contributed by atoms with Crippen molar-refractivity contribution in [3.8, 4) is 28.7 Å². The molecular weight excluding hydrogens is 1810 g/mol. The quantitative estimate of drug-likeness (QED) is 0.0203. The first-order valence-electron chi connectivity index (χ1n) is 45.7. The van der Waals surface area contributed by atoms with Crippen molar-refractivity contribution >= 4 is 127 Å². The summed E-state index contributed by atoms with van der Waals surface area (Å²) >= 11 is 0. The van der Waals surface area contributed by atoms with Crippen LogP contribution in [-0.4, -0.2) is 101 Å². The maximum Gasteiger partial charge on any atom is 0.188 e. The Balaban J connectivity index is 0.000000179. The van der Waals surface area contributed by atoms with Gasteiger partial charge in [-0.1, -0.05) is 377 Å². The zero-order chi connectivity index (χ0) is 99.0. The SMILES string of the molecule is COCOc1c(C)cc(C(C)(C)C)cc1Pc1ccc(C)cc1C=O.COCOc1c(Cc2ccccc2)cc(Cc2ccccc2)cc1Pc1ccccc1C=O.COCOc1c(Cc2ccccc2)cccc1Pc1ccccc1C=O.COCOc1c(Pc2ccc(C)cc2C=O)cc(C(C)(C)C)cc1C(C)(C)C.COCOc1ccc(Cc2ccccc2)cc1Pc1ccccc1C=O. The van der Waals surface area contributed by atoms with Crippen LogP contribution >= 0.6 is 42.9 Å². The molecule has 0 N–H and O–H groups in total. The van der Waals surface area contributed by atoms with Gasteiger partial charge in [0, 0.05) is 108 Å². The Hall–Kier alpha value is -11.6. The molecule has 15 nitrogen and oxygen atoms in total. The molecule has 0 saturated carbocycles. The standard InChI is InChI=1S/C29H27O3P.C24H33O3P.2C22H21O3P.C21H27O3P/c1-31-21-32-29-26(17-23-12-6-3-7-13-23)18-24(16-22-10-4-2-5-11-22)19-28(29)33-27-15-9-8-14-25(27)20-30;1-16-9-10-20(17(11-16)14-25)28-21-13-18(23(2,3)4)12-19(24(5,6)7)22(21)27-15-26-8;1-24-16-25-22-18(14-17-8-3-2-4-9-17)11-7-13-21(22)26-20-12-6-5-10-19(20)15-23;1-24-16-25-20-12-11-18(13-17-7-3-2-4-8-17)14-22(20)26-21-10-6-5-9-19(21)15-23;1-14-7-8-18(16(9-14)12-22)25-19-11-17(21(3,4)5)10-15(2)20(19)24-13-23-6/h2-15,18-20,33H,16-17,21H2,1H3;9-14,28H,15H2,1-8H3;2-13,15,26H,14,16H2,1H3;2-12,14-15,26H,13,16H2,1H3;7-12,25H,13H2,1-6H3. The second-order valence-electron chi connectivity index (χ2n) is 36.1. The number of aryl methyl sites for hydroxylation is 3. The van der Waals surface area contributed by atoms with E-state index in [1.807, 2.05) is 172 Å². The van der Waals surface area contributed by atoms with Gasteiger partial charge < -0.3 is 47.4 Å². The molecule has 14 aromatic rings. The van der Waals surface area contributed by atoms with Crippen molar-refractivity contribution in [2.24, 2.45) is 0 Å². The van der Waals surface area contributed by atoms with E-state index < -0.39 is 0 Å². The van der Waals surface area contributed by atoms with E-state index in [1.54, 1.807) is 35.5 Å². The second-order valence-corrected chi connectivity index (χ2v) is 42.8. The smallest absolute Gasteiger partial charge is 0.188 e. The van der Waals surface area contributed by atoms with Crippen LogP contribution in [0, 0.1) is 20.8 Å². The summed E-state index contributed by atoms with van der Waals surface area (Å²) in [5.74, 6) is 4.21. The third kappa shape index (κ3) is 33.3. The Morgan fingerprint density at radius 1 is 0.239 bits per heavy atom. The van der Waals surface area contributed by atoms with Gasteiger partial charge in [-0.05, 0) is 180 Å². The number of methoxy groups -OCH3 is 5. The highest BCUT2D eigenvalue weighted by atomic mass is 31.1. The fourth-order valence-electron chi connectivity index (χ4n) is 15.1. The summed E-state index contributed by atoms with van der Waals surface area (Å²) in [5.41, 5.74) is 20.2. The second kappa shape index (κ2) is 55.2. The molecule has 5 unspecified atom stereocenters. The molecule has 20 heteroatoms. The molecule has 0 aromatic heterocycles. The first kappa shape index (κ1) is 108. The first-order chi connectivity index (χ1) is 66.6. The van der Waals surface area contributed by atoms with Crippen molar-refractivity contribution in [1.29, 1.82) is 0 Å². The molecule has 14 rings (SSSR count). The third-order valence-corrected chi connectivity index (χ3v) is 29.0. The molecule has 0 aliphatic heterocycles. The summed E-state index contributed by atoms with van der Waals surface area (Å²) < 4.78 is 55.4. The minimum Gasteiger partial charge on any atom is -0.467 e. The summed E-state index contributed by atoms with van der Waals surface area (Å²) in [6.45, 7) is 26.9. The zero-order valence-electron chi connectivity index (χ0n) is 82.2. The molecule has 0 fully saturated rings. The Kier molecular flexibility index (Phi) is 43.4. The van der Waals surface area contributed by atoms with Gasteiger partial charge in [-0.15, -0.1) is 0 Å². The number of para-hydroxylation sites is 1. The minimum atomic E-state index is -0.0790. The maximum absolute atomic E-state index is 11.6. The van der Waals surface area contributed by atoms with Crippen LogP contribution in [0.25, 0.3) is 0 Å². The lowest BCUT2D eigenvalue weighted by Crippen LogP contribution is -2.24. The average Bonchev–Trinajstić information content (AvgIpc) is 0.771. The number of ether oxygens (including phenoxy) is 10. The number of rotatable bonds is 38. The van der Waals surface area contributed by atoms with Crippen molar-refractivity contribution in [3.63, 3.8) is 0 Å². The number of benzene rings is 14. The van der Waals surface area contributed by atoms with Gasteiger partial charge >= 0.3 is 0 Å². The molecule has 0 heterocycles. The molecule has 0 saturated heterocycles. The van der Waals surface area contributed by atoms with E-state index in [0.717, 1.165) is 189 Å². The molecular formula is C118H129O15P5. The highest BCUT2D eigenvalue weighted by Crippen LogP contribution is 2.39. The van der Waals surface area contributed by atoms with Gasteiger partial charge in [0.2, 0.25) is 0 Å². The van der Waals surface area contributed by atoms with Crippen LogP contribution in [0.2, 0.25) is 0 Å². The van der Waals surface area contributed by atoms with Gasteiger partial charge in [-0.2, -0.15) is 0 Å². The fourth-order valence-corrected chi connectivity index (χ4v) is 21.6. The molecule has 138 heavy (non-hydrogen) atoms. The molecule has 716 valence electrons. The molecule has 0 aliphatic rings. The molecule has 0 radical (unpaired) electrons. The lowest BCUT2D eigenvalue weighted by atomic mass is 9.80. The predicted molar refractivity (Wildman–Crippen MR) is 579 cm³/mol. The van der Waals surface area contributed by atoms with Gasteiger partial charge in [0.15, 0.2) is 65.4 Å². The number of hydrogen-bond donors (Lipinski definition) is 0. The van der Waals surface area contributed by atoms with E-state index >= 15 is 0 Å². The van der Waals surface area contributed by atoms with Crippen molar-refractivity contribution < 1.29 is 71.3 Å². The average molecular weight is 1940 g/mol. The van der Waals surface area contributed by atoms with Crippen LogP contribution in [0.15, 0.2) is 303 Å². The van der Waals surface area contributed by atoms with Crippen molar-refractivity contribution in [2.75, 3.05) is 69.5 Å². The third-order valence-electron chi connectivity index (χ3n) is 22.1. The summed E-state index contributed by atoms with van der Waals surface area (Å²) in [5, 5.41) is 10.6. The lowest BCUT2D eigenvalue weighted by Gasteiger charge is -2.29. The van der Waals surface area contributed by atoms with E-state index in [-0.39, 0.29) is 50.2 Å². The fraction of sp³-hybridized carbons (Fsp3) is 0.246. The predicted octanol–water partition coefficient (Wildman–Crippen LogP) is 21.7. The van der Waals surface area contributed by atoms with E-state index in [0.29, 0.717) is 48.5 Å². The van der Waals surface area contributed by atoms with Gasteiger partial charge in [-0.25, -0.2) is 0 Å². The monoisotopic (exact) mass is 1940 g/mol. The van der Waals surface area contributed by atoms with Crippen LogP contribution in [0.4, 0.5) is 0 Å². The Bertz CT molecular complexity index is 6220. The zero-order valence-corrected chi connectivity index (χ0v) is 87.2. The number of carbonyl (C=O) groups is 5. The molecule has 0 bridgehead atoms. The molecule has 0 aliphatic carbocycles. The van der Waals surface area contributed by atoms with Gasteiger partial charge in [0.25, 0.3) is 0 Å². The molecule has 14 aromatic carbocycles. The van der Waals surface area contributed by atoms with Crippen molar-refractivity contribution in [3.05, 3.63) is 409 Å². The first-order valence-corrected chi connectivity index (χ1v) is 50.7. The van der Waals surface area contributed by atoms with Gasteiger partial charge in [0.1, 0.15) is 28.7 Å². The van der Waals surface area contributed by atoms with Gasteiger partial charge in [0.05, 0.1) is 0 Å². The number of aldehydes is 5. The molecule has 0 amide bonds. The topological polar surface area (TPSA) is 178 Å². The summed E-state index contributed by atoms with van der Waals surface area (Å²) in [4.78, 5) is 57.4. The summed E-state index contributed by atoms with van der Waals surface area (Å²) in [6, 6.07) is 102. The number of hydrogen-bond acceptors (Lipinski definition) is 15. The normalized spacial score (nSPS) is 11.5. The largest absolute Gasteiger partial charge is 0.467 e. The molecule has 0 spiro atoms.